The molecule has 0 spiro atoms. The van der Waals surface area contributed by atoms with Crippen LogP contribution in [0.15, 0.2) is 23.4 Å². The number of carbonyl (C=O) groups is 1. The number of nitrogen functional groups attached to an aromatic ring is 1. The molecular formula is C14H19N3O5S. The average Bonchev–Trinajstić information content (AvgIpc) is 2.96. The van der Waals surface area contributed by atoms with E-state index in [0.29, 0.717) is 12.3 Å². The summed E-state index contributed by atoms with van der Waals surface area (Å²) in [7, 11) is -2.53. The van der Waals surface area contributed by atoms with Gasteiger partial charge in [0.2, 0.25) is 0 Å². The van der Waals surface area contributed by atoms with Crippen LogP contribution in [0.5, 0.6) is 0 Å². The zero-order chi connectivity index (χ0) is 16.7. The molecule has 9 heteroatoms. The topological polar surface area (TPSA) is 112 Å². The van der Waals surface area contributed by atoms with Crippen LogP contribution in [0.25, 0.3) is 0 Å². The molecule has 2 saturated heterocycles. The van der Waals surface area contributed by atoms with Gasteiger partial charge in [-0.15, -0.1) is 0 Å². The highest BCUT2D eigenvalue weighted by molar-refractivity contribution is 7.89. The lowest BCUT2D eigenvalue weighted by Crippen LogP contribution is -2.52. The number of nitrogens with zero attached hydrogens (tertiary/aromatic N) is 2. The fourth-order valence-electron chi connectivity index (χ4n) is 3.24. The standard InChI is InChI=1S/C14H19N3O5S/c1-21-13(18)14-9-17(8-10(14)3-2-6-22-14)23(19,20)12-5-4-11(15)7-16-12/h4-5,7,10H,2-3,6,8-9,15H2,1H3. The summed E-state index contributed by atoms with van der Waals surface area (Å²) < 4.78 is 37.3. The highest BCUT2D eigenvalue weighted by Gasteiger charge is 2.58. The van der Waals surface area contributed by atoms with Crippen LogP contribution in [-0.2, 0) is 24.3 Å². The third kappa shape index (κ3) is 2.58. The molecular weight excluding hydrogens is 322 g/mol. The van der Waals surface area contributed by atoms with E-state index in [9.17, 15) is 13.2 Å². The van der Waals surface area contributed by atoms with Crippen LogP contribution in [0.4, 0.5) is 5.69 Å². The van der Waals surface area contributed by atoms with Gasteiger partial charge in [-0.2, -0.15) is 4.31 Å². The van der Waals surface area contributed by atoms with Crippen molar-refractivity contribution in [3.63, 3.8) is 0 Å². The molecule has 0 amide bonds. The molecule has 0 aliphatic carbocycles. The lowest BCUT2D eigenvalue weighted by molar-refractivity contribution is -0.179. The Morgan fingerprint density at radius 3 is 2.96 bits per heavy atom. The normalized spacial score (nSPS) is 28.3. The zero-order valence-corrected chi connectivity index (χ0v) is 13.6. The maximum atomic E-state index is 12.8. The second kappa shape index (κ2) is 5.73. The van der Waals surface area contributed by atoms with Crippen LogP contribution >= 0.6 is 0 Å². The molecule has 2 fully saturated rings. The fraction of sp³-hybridized carbons (Fsp3) is 0.571. The number of methoxy groups -OCH3 is 1. The third-order valence-corrected chi connectivity index (χ3v) is 6.17. The van der Waals surface area contributed by atoms with Crippen molar-refractivity contribution >= 4 is 21.7 Å². The lowest BCUT2D eigenvalue weighted by Gasteiger charge is -2.35. The minimum atomic E-state index is -3.81. The van der Waals surface area contributed by atoms with Crippen molar-refractivity contribution in [3.05, 3.63) is 18.3 Å². The predicted octanol–water partition coefficient (Wildman–Crippen LogP) is 0.00650. The minimum absolute atomic E-state index is 0.0568. The monoisotopic (exact) mass is 341 g/mol. The van der Waals surface area contributed by atoms with Crippen molar-refractivity contribution in [3.8, 4) is 0 Å². The van der Waals surface area contributed by atoms with E-state index in [2.05, 4.69) is 4.98 Å². The Morgan fingerprint density at radius 1 is 1.52 bits per heavy atom. The van der Waals surface area contributed by atoms with Gasteiger partial charge in [-0.05, 0) is 25.0 Å². The van der Waals surface area contributed by atoms with Crippen molar-refractivity contribution in [1.82, 2.24) is 9.29 Å². The Kier molecular flexibility index (Phi) is 4.03. The number of aromatic nitrogens is 1. The number of ether oxygens (including phenoxy) is 2. The van der Waals surface area contributed by atoms with Gasteiger partial charge in [0.25, 0.3) is 10.0 Å². The van der Waals surface area contributed by atoms with Crippen molar-refractivity contribution in [1.29, 1.82) is 0 Å². The molecule has 2 unspecified atom stereocenters. The van der Waals surface area contributed by atoms with Gasteiger partial charge in [0.1, 0.15) is 0 Å². The highest BCUT2D eigenvalue weighted by Crippen LogP contribution is 2.40. The van der Waals surface area contributed by atoms with E-state index in [1.165, 1.54) is 29.7 Å². The largest absolute Gasteiger partial charge is 0.467 e. The van der Waals surface area contributed by atoms with E-state index in [4.69, 9.17) is 15.2 Å². The number of hydrogen-bond acceptors (Lipinski definition) is 7. The molecule has 0 saturated carbocycles. The Morgan fingerprint density at radius 2 is 2.30 bits per heavy atom. The minimum Gasteiger partial charge on any atom is -0.467 e. The number of carbonyl (C=O) groups excluding carboxylic acids is 1. The molecule has 2 aliphatic rings. The van der Waals surface area contributed by atoms with Gasteiger partial charge in [-0.1, -0.05) is 0 Å². The predicted molar refractivity (Wildman–Crippen MR) is 80.8 cm³/mol. The summed E-state index contributed by atoms with van der Waals surface area (Å²) in [5.74, 6) is -0.738. The number of sulfonamides is 1. The summed E-state index contributed by atoms with van der Waals surface area (Å²) in [4.78, 5) is 16.1. The smallest absolute Gasteiger partial charge is 0.339 e. The fourth-order valence-corrected chi connectivity index (χ4v) is 4.67. The molecule has 2 atom stereocenters. The third-order valence-electron chi connectivity index (χ3n) is 4.45. The number of hydrogen-bond donors (Lipinski definition) is 1. The maximum absolute atomic E-state index is 12.8. The summed E-state index contributed by atoms with van der Waals surface area (Å²) in [6, 6.07) is 2.84. The first kappa shape index (κ1) is 16.2. The van der Waals surface area contributed by atoms with Crippen LogP contribution in [0, 0.1) is 5.92 Å². The molecule has 1 aromatic heterocycles. The van der Waals surface area contributed by atoms with Crippen LogP contribution in [0.2, 0.25) is 0 Å². The van der Waals surface area contributed by atoms with Gasteiger partial charge in [0.15, 0.2) is 10.6 Å². The second-order valence-corrected chi connectivity index (χ2v) is 7.68. The van der Waals surface area contributed by atoms with Crippen molar-refractivity contribution < 1.29 is 22.7 Å². The van der Waals surface area contributed by atoms with Crippen LogP contribution in [-0.4, -0.2) is 56.1 Å². The number of rotatable bonds is 3. The van der Waals surface area contributed by atoms with E-state index < -0.39 is 21.6 Å². The summed E-state index contributed by atoms with van der Waals surface area (Å²) >= 11 is 0. The van der Waals surface area contributed by atoms with Crippen molar-refractivity contribution in [2.75, 3.05) is 32.5 Å². The van der Waals surface area contributed by atoms with Gasteiger partial charge in [0, 0.05) is 19.1 Å². The first-order valence-electron chi connectivity index (χ1n) is 7.34. The number of pyridine rings is 1. The van der Waals surface area contributed by atoms with E-state index in [-0.39, 0.29) is 24.0 Å². The van der Waals surface area contributed by atoms with Crippen LogP contribution in [0.3, 0.4) is 0 Å². The van der Waals surface area contributed by atoms with Gasteiger partial charge < -0.3 is 15.2 Å². The number of esters is 1. The summed E-state index contributed by atoms with van der Waals surface area (Å²) in [6.45, 7) is 0.571. The summed E-state index contributed by atoms with van der Waals surface area (Å²) in [6.07, 6.45) is 2.80. The average molecular weight is 341 g/mol. The molecule has 2 aliphatic heterocycles. The highest BCUT2D eigenvalue weighted by atomic mass is 32.2. The number of nitrogens with two attached hydrogens (primary N) is 1. The van der Waals surface area contributed by atoms with Gasteiger partial charge in [-0.3, -0.25) is 0 Å². The molecule has 126 valence electrons. The Bertz CT molecular complexity index is 706. The number of anilines is 1. The molecule has 3 heterocycles. The second-order valence-electron chi connectivity index (χ2n) is 5.80. The summed E-state index contributed by atoms with van der Waals surface area (Å²) in [5.41, 5.74) is 4.71. The quantitative estimate of drug-likeness (QED) is 0.771. The molecule has 2 N–H and O–H groups in total. The first-order valence-corrected chi connectivity index (χ1v) is 8.78. The molecule has 0 aromatic carbocycles. The molecule has 23 heavy (non-hydrogen) atoms. The van der Waals surface area contributed by atoms with E-state index in [0.717, 1.165) is 12.8 Å². The zero-order valence-electron chi connectivity index (χ0n) is 12.8. The van der Waals surface area contributed by atoms with Gasteiger partial charge in [-0.25, -0.2) is 18.2 Å². The molecule has 3 rings (SSSR count). The molecule has 0 bridgehead atoms. The number of fused-ring (bicyclic) bond motifs is 1. The van der Waals surface area contributed by atoms with Crippen molar-refractivity contribution in [2.24, 2.45) is 5.92 Å². The van der Waals surface area contributed by atoms with E-state index >= 15 is 0 Å². The molecule has 1 aromatic rings. The van der Waals surface area contributed by atoms with Crippen LogP contribution in [0.1, 0.15) is 12.8 Å². The van der Waals surface area contributed by atoms with E-state index in [1.54, 1.807) is 0 Å². The van der Waals surface area contributed by atoms with Gasteiger partial charge in [0.05, 0.1) is 25.5 Å². The molecule has 8 nitrogen and oxygen atoms in total. The maximum Gasteiger partial charge on any atom is 0.339 e. The Hall–Kier alpha value is -1.71. The van der Waals surface area contributed by atoms with Crippen LogP contribution < -0.4 is 5.73 Å². The van der Waals surface area contributed by atoms with Crippen molar-refractivity contribution in [2.45, 2.75) is 23.5 Å². The van der Waals surface area contributed by atoms with E-state index in [1.807, 2.05) is 0 Å². The SMILES string of the molecule is COC(=O)C12CN(S(=O)(=O)c3ccc(N)cn3)CC1CCCO2. The summed E-state index contributed by atoms with van der Waals surface area (Å²) in [5, 5.41) is -0.0923. The first-order chi connectivity index (χ1) is 10.9. The lowest BCUT2D eigenvalue weighted by atomic mass is 9.85. The Labute approximate surface area is 134 Å². The van der Waals surface area contributed by atoms with Gasteiger partial charge >= 0.3 is 5.97 Å². The molecule has 0 radical (unpaired) electrons. The Balaban J connectivity index is 1.93.